The summed E-state index contributed by atoms with van der Waals surface area (Å²) in [5.41, 5.74) is 2.43. The average Bonchev–Trinajstić information content (AvgIpc) is 3.05. The van der Waals surface area contributed by atoms with E-state index in [0.717, 1.165) is 41.9 Å². The van der Waals surface area contributed by atoms with Crippen LogP contribution in [0.4, 0.5) is 5.69 Å². The number of aryl methyl sites for hydroxylation is 1. The molecule has 2 aliphatic rings. The summed E-state index contributed by atoms with van der Waals surface area (Å²) in [7, 11) is 0. The zero-order valence-corrected chi connectivity index (χ0v) is 14.0. The molecule has 2 aliphatic heterocycles. The van der Waals surface area contributed by atoms with Crippen LogP contribution in [0.3, 0.4) is 0 Å². The Morgan fingerprint density at radius 3 is 3.05 bits per heavy atom. The number of hydrogen-bond donors (Lipinski definition) is 2. The third-order valence-electron chi connectivity index (χ3n) is 4.66. The highest BCUT2D eigenvalue weighted by Gasteiger charge is 2.40. The first kappa shape index (κ1) is 15.0. The molecule has 0 saturated carbocycles. The van der Waals surface area contributed by atoms with Gasteiger partial charge in [0.1, 0.15) is 0 Å². The first-order valence-corrected chi connectivity index (χ1v) is 8.35. The van der Waals surface area contributed by atoms with E-state index in [1.54, 1.807) is 0 Å². The Labute approximate surface area is 134 Å². The van der Waals surface area contributed by atoms with Crippen LogP contribution >= 0.6 is 15.9 Å². The molecule has 5 heteroatoms. The number of likely N-dealkylation sites (tertiary alicyclic amines) is 1. The lowest BCUT2D eigenvalue weighted by Crippen LogP contribution is -2.34. The fraction of sp³-hybridized carbons (Fsp3) is 0.562. The number of nitrogens with zero attached hydrogens (tertiary/aromatic N) is 1. The minimum atomic E-state index is 0.0831. The first-order valence-electron chi connectivity index (χ1n) is 7.55. The SMILES string of the molecule is Cc1cc(NC(=O)CN2CCC3(CCNC3)C2)ccc1Br. The summed E-state index contributed by atoms with van der Waals surface area (Å²) in [6.45, 7) is 6.84. The molecule has 114 valence electrons. The second-order valence-corrected chi connectivity index (χ2v) is 7.25. The zero-order chi connectivity index (χ0) is 14.9. The van der Waals surface area contributed by atoms with Gasteiger partial charge in [0.05, 0.1) is 6.54 Å². The van der Waals surface area contributed by atoms with Crippen LogP contribution < -0.4 is 10.6 Å². The van der Waals surface area contributed by atoms with Gasteiger partial charge in [-0.05, 0) is 62.0 Å². The van der Waals surface area contributed by atoms with Crippen LogP contribution in [0.25, 0.3) is 0 Å². The largest absolute Gasteiger partial charge is 0.325 e. The molecule has 1 spiro atoms. The number of carbonyl (C=O) groups is 1. The lowest BCUT2D eigenvalue weighted by molar-refractivity contribution is -0.117. The molecule has 2 saturated heterocycles. The fourth-order valence-corrected chi connectivity index (χ4v) is 3.68. The molecule has 0 bridgehead atoms. The van der Waals surface area contributed by atoms with Crippen molar-refractivity contribution in [2.75, 3.05) is 38.0 Å². The molecule has 2 heterocycles. The molecular formula is C16H22BrN3O. The lowest BCUT2D eigenvalue weighted by Gasteiger charge is -2.22. The lowest BCUT2D eigenvalue weighted by atomic mass is 9.87. The summed E-state index contributed by atoms with van der Waals surface area (Å²) in [5.74, 6) is 0.0831. The van der Waals surface area contributed by atoms with E-state index in [2.05, 4.69) is 31.5 Å². The van der Waals surface area contributed by atoms with E-state index in [1.165, 1.54) is 12.8 Å². The third kappa shape index (κ3) is 3.47. The van der Waals surface area contributed by atoms with Gasteiger partial charge in [0.2, 0.25) is 5.91 Å². The van der Waals surface area contributed by atoms with Gasteiger partial charge in [0.25, 0.3) is 0 Å². The minimum absolute atomic E-state index is 0.0831. The second kappa shape index (κ2) is 6.07. The molecule has 0 radical (unpaired) electrons. The number of amides is 1. The van der Waals surface area contributed by atoms with E-state index >= 15 is 0 Å². The maximum Gasteiger partial charge on any atom is 0.238 e. The van der Waals surface area contributed by atoms with Gasteiger partial charge in [-0.25, -0.2) is 0 Å². The molecule has 1 aromatic rings. The summed E-state index contributed by atoms with van der Waals surface area (Å²) < 4.78 is 1.07. The zero-order valence-electron chi connectivity index (χ0n) is 12.4. The van der Waals surface area contributed by atoms with Gasteiger partial charge >= 0.3 is 0 Å². The van der Waals surface area contributed by atoms with E-state index in [9.17, 15) is 4.79 Å². The van der Waals surface area contributed by atoms with Crippen LogP contribution in [0.1, 0.15) is 18.4 Å². The number of rotatable bonds is 3. The molecule has 1 unspecified atom stereocenters. The van der Waals surface area contributed by atoms with Crippen molar-refractivity contribution >= 4 is 27.5 Å². The predicted octanol–water partition coefficient (Wildman–Crippen LogP) is 2.38. The van der Waals surface area contributed by atoms with Gasteiger partial charge in [0.15, 0.2) is 0 Å². The van der Waals surface area contributed by atoms with E-state index < -0.39 is 0 Å². The summed E-state index contributed by atoms with van der Waals surface area (Å²) in [4.78, 5) is 14.5. The van der Waals surface area contributed by atoms with E-state index in [4.69, 9.17) is 0 Å². The minimum Gasteiger partial charge on any atom is -0.325 e. The van der Waals surface area contributed by atoms with E-state index in [1.807, 2.05) is 25.1 Å². The smallest absolute Gasteiger partial charge is 0.238 e. The van der Waals surface area contributed by atoms with Crippen LogP contribution in [-0.2, 0) is 4.79 Å². The Morgan fingerprint density at radius 2 is 2.33 bits per heavy atom. The highest BCUT2D eigenvalue weighted by Crippen LogP contribution is 2.35. The van der Waals surface area contributed by atoms with Crippen LogP contribution in [-0.4, -0.2) is 43.5 Å². The Balaban J connectivity index is 1.53. The molecule has 1 amide bonds. The Kier molecular flexibility index (Phi) is 4.33. The number of carbonyl (C=O) groups excluding carboxylic acids is 1. The molecule has 2 fully saturated rings. The van der Waals surface area contributed by atoms with Gasteiger partial charge in [0, 0.05) is 23.2 Å². The first-order chi connectivity index (χ1) is 10.1. The standard InChI is InChI=1S/C16H22BrN3O/c1-12-8-13(2-3-14(12)17)19-15(21)9-20-7-5-16(11-20)4-6-18-10-16/h2-3,8,18H,4-7,9-11H2,1H3,(H,19,21). The van der Waals surface area contributed by atoms with Crippen LogP contribution in [0.5, 0.6) is 0 Å². The van der Waals surface area contributed by atoms with Gasteiger partial charge in [-0.1, -0.05) is 15.9 Å². The molecule has 4 nitrogen and oxygen atoms in total. The van der Waals surface area contributed by atoms with E-state index in [-0.39, 0.29) is 5.91 Å². The highest BCUT2D eigenvalue weighted by molar-refractivity contribution is 9.10. The summed E-state index contributed by atoms with van der Waals surface area (Å²) in [6, 6.07) is 5.90. The van der Waals surface area contributed by atoms with Gasteiger partial charge in [-0.3, -0.25) is 9.69 Å². The van der Waals surface area contributed by atoms with Crippen LogP contribution in [0.2, 0.25) is 0 Å². The molecule has 1 aromatic carbocycles. The quantitative estimate of drug-likeness (QED) is 0.878. The second-order valence-electron chi connectivity index (χ2n) is 6.40. The molecule has 0 aromatic heterocycles. The van der Waals surface area contributed by atoms with Crippen molar-refractivity contribution in [1.29, 1.82) is 0 Å². The van der Waals surface area contributed by atoms with Crippen LogP contribution in [0, 0.1) is 12.3 Å². The van der Waals surface area contributed by atoms with Crippen molar-refractivity contribution in [2.45, 2.75) is 19.8 Å². The van der Waals surface area contributed by atoms with Crippen molar-refractivity contribution in [3.05, 3.63) is 28.2 Å². The fourth-order valence-electron chi connectivity index (χ4n) is 3.43. The number of halogens is 1. The highest BCUT2D eigenvalue weighted by atomic mass is 79.9. The van der Waals surface area contributed by atoms with Gasteiger partial charge in [-0.2, -0.15) is 0 Å². The number of nitrogens with one attached hydrogen (secondary N) is 2. The van der Waals surface area contributed by atoms with Crippen molar-refractivity contribution in [1.82, 2.24) is 10.2 Å². The van der Waals surface area contributed by atoms with E-state index in [0.29, 0.717) is 12.0 Å². The van der Waals surface area contributed by atoms with Crippen molar-refractivity contribution < 1.29 is 4.79 Å². The van der Waals surface area contributed by atoms with Crippen molar-refractivity contribution in [3.63, 3.8) is 0 Å². The molecule has 21 heavy (non-hydrogen) atoms. The molecule has 0 aliphatic carbocycles. The number of benzene rings is 1. The normalized spacial score (nSPS) is 25.6. The molecule has 3 rings (SSSR count). The van der Waals surface area contributed by atoms with Gasteiger partial charge < -0.3 is 10.6 Å². The van der Waals surface area contributed by atoms with Crippen molar-refractivity contribution in [2.24, 2.45) is 5.41 Å². The van der Waals surface area contributed by atoms with Crippen molar-refractivity contribution in [3.8, 4) is 0 Å². The molecule has 2 N–H and O–H groups in total. The summed E-state index contributed by atoms with van der Waals surface area (Å²) in [6.07, 6.45) is 2.46. The Bertz CT molecular complexity index is 540. The summed E-state index contributed by atoms with van der Waals surface area (Å²) in [5, 5.41) is 6.45. The number of hydrogen-bond acceptors (Lipinski definition) is 3. The average molecular weight is 352 g/mol. The summed E-state index contributed by atoms with van der Waals surface area (Å²) >= 11 is 3.47. The third-order valence-corrected chi connectivity index (χ3v) is 5.55. The maximum atomic E-state index is 12.2. The predicted molar refractivity (Wildman–Crippen MR) is 88.5 cm³/mol. The maximum absolute atomic E-state index is 12.2. The number of anilines is 1. The van der Waals surface area contributed by atoms with Gasteiger partial charge in [-0.15, -0.1) is 0 Å². The molecular weight excluding hydrogens is 330 g/mol. The Hall–Kier alpha value is -0.910. The van der Waals surface area contributed by atoms with Crippen LogP contribution in [0.15, 0.2) is 22.7 Å². The monoisotopic (exact) mass is 351 g/mol. The molecule has 1 atom stereocenters. The Morgan fingerprint density at radius 1 is 1.48 bits per heavy atom. The topological polar surface area (TPSA) is 44.4 Å².